The highest BCUT2D eigenvalue weighted by Gasteiger charge is 2.16. The zero-order valence-electron chi connectivity index (χ0n) is 15.2. The van der Waals surface area contributed by atoms with E-state index in [1.54, 1.807) is 7.11 Å². The van der Waals surface area contributed by atoms with E-state index >= 15 is 0 Å². The van der Waals surface area contributed by atoms with E-state index in [2.05, 4.69) is 15.5 Å². The van der Waals surface area contributed by atoms with Gasteiger partial charge in [0.1, 0.15) is 5.75 Å². The standard InChI is InChI=1S/C18H21ClN4O3S/c1-22(2)17(12-4-7-14(26-3)8-5-12)11-20-18(27)21-16-10-13(23(24)25)6-9-15(16)19/h4-10,17H,11H2,1-3H3,(H2,20,21,27)/t17-/m1/s1. The van der Waals surface area contributed by atoms with Gasteiger partial charge in [-0.05, 0) is 50.1 Å². The van der Waals surface area contributed by atoms with Crippen molar-refractivity contribution in [2.75, 3.05) is 33.1 Å². The number of hydrogen-bond donors (Lipinski definition) is 2. The van der Waals surface area contributed by atoms with Crippen LogP contribution in [0.15, 0.2) is 42.5 Å². The number of hydrogen-bond acceptors (Lipinski definition) is 5. The fraction of sp³-hybridized carbons (Fsp3) is 0.278. The van der Waals surface area contributed by atoms with E-state index in [0.29, 0.717) is 22.4 Å². The van der Waals surface area contributed by atoms with Crippen molar-refractivity contribution in [2.45, 2.75) is 6.04 Å². The van der Waals surface area contributed by atoms with Crippen LogP contribution < -0.4 is 15.4 Å². The summed E-state index contributed by atoms with van der Waals surface area (Å²) in [6.45, 7) is 0.539. The number of likely N-dealkylation sites (N-methyl/N-ethyl adjacent to an activating group) is 1. The van der Waals surface area contributed by atoms with Gasteiger partial charge in [0.2, 0.25) is 0 Å². The van der Waals surface area contributed by atoms with Crippen molar-refractivity contribution in [3.05, 3.63) is 63.2 Å². The molecule has 2 aromatic rings. The number of nitro groups is 1. The molecule has 0 amide bonds. The van der Waals surface area contributed by atoms with Crippen LogP contribution in [0.25, 0.3) is 0 Å². The summed E-state index contributed by atoms with van der Waals surface area (Å²) < 4.78 is 5.19. The molecule has 0 bridgehead atoms. The molecule has 2 aromatic carbocycles. The quantitative estimate of drug-likeness (QED) is 0.409. The lowest BCUT2D eigenvalue weighted by atomic mass is 10.1. The predicted octanol–water partition coefficient (Wildman–Crippen LogP) is 3.85. The van der Waals surface area contributed by atoms with Crippen LogP contribution in [0.5, 0.6) is 5.75 Å². The first-order valence-corrected chi connectivity index (χ1v) is 8.89. The van der Waals surface area contributed by atoms with E-state index in [0.717, 1.165) is 11.3 Å². The lowest BCUT2D eigenvalue weighted by molar-refractivity contribution is -0.384. The number of thiocarbonyl (C=S) groups is 1. The third kappa shape index (κ3) is 5.78. The molecule has 0 saturated heterocycles. The second-order valence-electron chi connectivity index (χ2n) is 6.01. The first kappa shape index (κ1) is 20.9. The number of benzene rings is 2. The van der Waals surface area contributed by atoms with Crippen molar-refractivity contribution >= 4 is 40.3 Å². The Labute approximate surface area is 168 Å². The Kier molecular flexibility index (Phi) is 7.35. The number of nitrogens with one attached hydrogen (secondary N) is 2. The molecule has 9 heteroatoms. The molecule has 0 aliphatic carbocycles. The van der Waals surface area contributed by atoms with Crippen molar-refractivity contribution in [1.29, 1.82) is 0 Å². The second kappa shape index (κ2) is 9.50. The minimum absolute atomic E-state index is 0.0610. The van der Waals surface area contributed by atoms with E-state index in [-0.39, 0.29) is 11.7 Å². The van der Waals surface area contributed by atoms with Crippen LogP contribution in [0, 0.1) is 10.1 Å². The Bertz CT molecular complexity index is 815. The van der Waals surface area contributed by atoms with Crippen LogP contribution in [0.4, 0.5) is 11.4 Å². The van der Waals surface area contributed by atoms with Crippen molar-refractivity contribution in [1.82, 2.24) is 10.2 Å². The van der Waals surface area contributed by atoms with Gasteiger partial charge in [-0.25, -0.2) is 0 Å². The molecule has 2 N–H and O–H groups in total. The molecule has 0 radical (unpaired) electrons. The molecule has 0 heterocycles. The van der Waals surface area contributed by atoms with Crippen LogP contribution in [-0.4, -0.2) is 42.7 Å². The number of methoxy groups -OCH3 is 1. The molecule has 0 aliphatic heterocycles. The Morgan fingerprint density at radius 2 is 1.96 bits per heavy atom. The van der Waals surface area contributed by atoms with Crippen molar-refractivity contribution < 1.29 is 9.66 Å². The van der Waals surface area contributed by atoms with E-state index in [9.17, 15) is 10.1 Å². The fourth-order valence-electron chi connectivity index (χ4n) is 2.50. The van der Waals surface area contributed by atoms with Gasteiger partial charge in [-0.2, -0.15) is 0 Å². The molecule has 1 atom stereocenters. The maximum Gasteiger partial charge on any atom is 0.271 e. The first-order chi connectivity index (χ1) is 12.8. The number of anilines is 1. The van der Waals surface area contributed by atoms with E-state index in [1.807, 2.05) is 38.4 Å². The Morgan fingerprint density at radius 1 is 1.30 bits per heavy atom. The SMILES string of the molecule is COc1ccc([C@@H](CNC(=S)Nc2cc([N+](=O)[O-])ccc2Cl)N(C)C)cc1. The number of nitrogens with zero attached hydrogens (tertiary/aromatic N) is 2. The van der Waals surface area contributed by atoms with Gasteiger partial charge in [0.25, 0.3) is 5.69 Å². The molecular formula is C18H21ClN4O3S. The van der Waals surface area contributed by atoms with Gasteiger partial charge >= 0.3 is 0 Å². The van der Waals surface area contributed by atoms with Gasteiger partial charge in [-0.15, -0.1) is 0 Å². The zero-order valence-corrected chi connectivity index (χ0v) is 16.8. The van der Waals surface area contributed by atoms with Crippen molar-refractivity contribution in [2.24, 2.45) is 0 Å². The van der Waals surface area contributed by atoms with Gasteiger partial charge in [-0.3, -0.25) is 10.1 Å². The summed E-state index contributed by atoms with van der Waals surface area (Å²) in [6, 6.07) is 12.0. The van der Waals surface area contributed by atoms with Crippen LogP contribution in [0.1, 0.15) is 11.6 Å². The van der Waals surface area contributed by atoms with E-state index < -0.39 is 4.92 Å². The Morgan fingerprint density at radius 3 is 2.52 bits per heavy atom. The third-order valence-corrected chi connectivity index (χ3v) is 4.56. The monoisotopic (exact) mass is 408 g/mol. The molecule has 27 heavy (non-hydrogen) atoms. The Hall–Kier alpha value is -2.42. The van der Waals surface area contributed by atoms with Gasteiger partial charge < -0.3 is 20.3 Å². The maximum atomic E-state index is 10.9. The molecule has 0 aliphatic rings. The fourth-order valence-corrected chi connectivity index (χ4v) is 2.86. The average molecular weight is 409 g/mol. The molecule has 0 saturated carbocycles. The van der Waals surface area contributed by atoms with Crippen LogP contribution in [0.3, 0.4) is 0 Å². The summed E-state index contributed by atoms with van der Waals surface area (Å²) in [7, 11) is 5.58. The summed E-state index contributed by atoms with van der Waals surface area (Å²) in [4.78, 5) is 12.5. The lowest BCUT2D eigenvalue weighted by Crippen LogP contribution is -2.36. The molecule has 0 unspecified atom stereocenters. The summed E-state index contributed by atoms with van der Waals surface area (Å²) in [5, 5.41) is 17.6. The summed E-state index contributed by atoms with van der Waals surface area (Å²) in [6.07, 6.45) is 0. The van der Waals surface area contributed by atoms with Gasteiger partial charge in [0.05, 0.1) is 28.8 Å². The third-order valence-electron chi connectivity index (χ3n) is 3.99. The average Bonchev–Trinajstić information content (AvgIpc) is 2.63. The van der Waals surface area contributed by atoms with Gasteiger partial charge in [0.15, 0.2) is 5.11 Å². The minimum Gasteiger partial charge on any atom is -0.497 e. The normalized spacial score (nSPS) is 11.7. The van der Waals surface area contributed by atoms with Gasteiger partial charge in [-0.1, -0.05) is 23.7 Å². The zero-order chi connectivity index (χ0) is 20.0. The van der Waals surface area contributed by atoms with Crippen LogP contribution in [-0.2, 0) is 0 Å². The molecular weight excluding hydrogens is 388 g/mol. The summed E-state index contributed by atoms with van der Waals surface area (Å²) >= 11 is 11.4. The largest absolute Gasteiger partial charge is 0.497 e. The summed E-state index contributed by atoms with van der Waals surface area (Å²) in [5.41, 5.74) is 1.42. The second-order valence-corrected chi connectivity index (χ2v) is 6.82. The molecule has 0 fully saturated rings. The number of halogens is 1. The molecule has 144 valence electrons. The maximum absolute atomic E-state index is 10.9. The van der Waals surface area contributed by atoms with Crippen molar-refractivity contribution in [3.8, 4) is 5.75 Å². The topological polar surface area (TPSA) is 79.7 Å². The summed E-state index contributed by atoms with van der Waals surface area (Å²) in [5.74, 6) is 0.793. The highest BCUT2D eigenvalue weighted by atomic mass is 35.5. The van der Waals surface area contributed by atoms with Crippen LogP contribution >= 0.6 is 23.8 Å². The van der Waals surface area contributed by atoms with Crippen molar-refractivity contribution in [3.63, 3.8) is 0 Å². The smallest absolute Gasteiger partial charge is 0.271 e. The molecule has 0 spiro atoms. The first-order valence-electron chi connectivity index (χ1n) is 8.11. The number of ether oxygens (including phenoxy) is 1. The minimum atomic E-state index is -0.482. The molecule has 0 aromatic heterocycles. The van der Waals surface area contributed by atoms with E-state index in [1.165, 1.54) is 18.2 Å². The Balaban J connectivity index is 2.03. The lowest BCUT2D eigenvalue weighted by Gasteiger charge is -2.26. The highest BCUT2D eigenvalue weighted by molar-refractivity contribution is 7.80. The molecule has 7 nitrogen and oxygen atoms in total. The molecule has 2 rings (SSSR count). The number of nitro benzene ring substituents is 1. The number of non-ortho nitro benzene ring substituents is 1. The van der Waals surface area contributed by atoms with Gasteiger partial charge in [0, 0.05) is 18.7 Å². The predicted molar refractivity (Wildman–Crippen MR) is 112 cm³/mol. The van der Waals surface area contributed by atoms with Crippen LogP contribution in [0.2, 0.25) is 5.02 Å². The van der Waals surface area contributed by atoms with E-state index in [4.69, 9.17) is 28.6 Å². The highest BCUT2D eigenvalue weighted by Crippen LogP contribution is 2.26. The number of rotatable bonds is 7.